The number of halogens is 1. The van der Waals surface area contributed by atoms with Crippen LogP contribution in [0.15, 0.2) is 16.6 Å². The first kappa shape index (κ1) is 11.1. The van der Waals surface area contributed by atoms with Crippen LogP contribution in [0.1, 0.15) is 43.8 Å². The average molecular weight is 294 g/mol. The van der Waals surface area contributed by atoms with Crippen molar-refractivity contribution in [3.05, 3.63) is 22.4 Å². The maximum absolute atomic E-state index is 5.99. The second-order valence-corrected chi connectivity index (χ2v) is 5.76. The normalized spacial score (nSPS) is 17.7. The van der Waals surface area contributed by atoms with E-state index in [2.05, 4.69) is 25.9 Å². The van der Waals surface area contributed by atoms with Gasteiger partial charge in [0.2, 0.25) is 0 Å². The molecule has 1 aromatic heterocycles. The van der Waals surface area contributed by atoms with E-state index < -0.39 is 0 Å². The van der Waals surface area contributed by atoms with Crippen LogP contribution < -0.4 is 5.73 Å². The molecule has 3 nitrogen and oxygen atoms in total. The Bertz CT molecular complexity index is 541. The molecule has 0 bridgehead atoms. The summed E-state index contributed by atoms with van der Waals surface area (Å²) in [7, 11) is 0. The molecule has 2 aromatic rings. The summed E-state index contributed by atoms with van der Waals surface area (Å²) in [6, 6.07) is 3.96. The number of hydrogen-bond donors (Lipinski definition) is 2. The van der Waals surface area contributed by atoms with Crippen LogP contribution in [0.4, 0.5) is 5.69 Å². The molecule has 4 heteroatoms. The van der Waals surface area contributed by atoms with Crippen LogP contribution in [0.25, 0.3) is 11.0 Å². The third-order valence-corrected chi connectivity index (χ3v) is 4.05. The van der Waals surface area contributed by atoms with Gasteiger partial charge in [-0.25, -0.2) is 4.98 Å². The lowest BCUT2D eigenvalue weighted by molar-refractivity contribution is 0.431. The fraction of sp³-hybridized carbons (Fsp3) is 0.462. The molecule has 0 spiro atoms. The molecule has 1 heterocycles. The van der Waals surface area contributed by atoms with Crippen molar-refractivity contribution in [3.63, 3.8) is 0 Å². The van der Waals surface area contributed by atoms with Gasteiger partial charge in [0, 0.05) is 10.4 Å². The van der Waals surface area contributed by atoms with Gasteiger partial charge in [-0.15, -0.1) is 0 Å². The van der Waals surface area contributed by atoms with E-state index >= 15 is 0 Å². The zero-order chi connectivity index (χ0) is 11.8. The molecule has 0 saturated heterocycles. The Labute approximate surface area is 109 Å². The van der Waals surface area contributed by atoms with E-state index in [1.807, 2.05) is 12.1 Å². The highest BCUT2D eigenvalue weighted by molar-refractivity contribution is 9.10. The maximum Gasteiger partial charge on any atom is 0.112 e. The number of anilines is 1. The third kappa shape index (κ3) is 2.06. The number of hydrogen-bond acceptors (Lipinski definition) is 2. The Morgan fingerprint density at radius 1 is 1.24 bits per heavy atom. The van der Waals surface area contributed by atoms with Gasteiger partial charge in [0.05, 0.1) is 11.2 Å². The van der Waals surface area contributed by atoms with Crippen molar-refractivity contribution >= 4 is 32.7 Å². The fourth-order valence-corrected chi connectivity index (χ4v) is 3.17. The monoisotopic (exact) mass is 293 g/mol. The molecule has 17 heavy (non-hydrogen) atoms. The summed E-state index contributed by atoms with van der Waals surface area (Å²) in [5.74, 6) is 1.71. The van der Waals surface area contributed by atoms with Gasteiger partial charge in [0.1, 0.15) is 11.3 Å². The highest BCUT2D eigenvalue weighted by Crippen LogP contribution is 2.33. The second kappa shape index (κ2) is 4.33. The summed E-state index contributed by atoms with van der Waals surface area (Å²) >= 11 is 3.46. The number of rotatable bonds is 1. The first-order valence-corrected chi connectivity index (χ1v) is 6.98. The number of nitrogen functional groups attached to an aromatic ring is 1. The number of nitrogens with zero attached hydrogens (tertiary/aromatic N) is 1. The first-order valence-electron chi connectivity index (χ1n) is 6.18. The largest absolute Gasteiger partial charge is 0.397 e. The minimum absolute atomic E-state index is 0.592. The van der Waals surface area contributed by atoms with E-state index in [4.69, 9.17) is 5.73 Å². The van der Waals surface area contributed by atoms with Gasteiger partial charge >= 0.3 is 0 Å². The van der Waals surface area contributed by atoms with Crippen molar-refractivity contribution in [1.29, 1.82) is 0 Å². The Morgan fingerprint density at radius 3 is 2.76 bits per heavy atom. The Morgan fingerprint density at radius 2 is 2.00 bits per heavy atom. The van der Waals surface area contributed by atoms with Gasteiger partial charge in [0.15, 0.2) is 0 Å². The standard InChI is InChI=1S/C13H16BrN3/c14-9-6-10(15)12-11(7-9)16-13(17-12)8-4-2-1-3-5-8/h6-8H,1-5,15H2,(H,16,17). The number of nitrogens with one attached hydrogen (secondary N) is 1. The number of H-pyrrole nitrogens is 1. The smallest absolute Gasteiger partial charge is 0.112 e. The van der Waals surface area contributed by atoms with Crippen LogP contribution in [0.3, 0.4) is 0 Å². The van der Waals surface area contributed by atoms with Crippen LogP contribution in [0, 0.1) is 0 Å². The molecule has 3 N–H and O–H groups in total. The maximum atomic E-state index is 5.99. The number of aromatic amines is 1. The molecule has 1 fully saturated rings. The summed E-state index contributed by atoms with van der Waals surface area (Å²) in [6.07, 6.45) is 6.51. The molecular weight excluding hydrogens is 278 g/mol. The summed E-state index contributed by atoms with van der Waals surface area (Å²) < 4.78 is 1.00. The number of imidazole rings is 1. The molecule has 0 aliphatic heterocycles. The Hall–Kier alpha value is -1.03. The quantitative estimate of drug-likeness (QED) is 0.782. The van der Waals surface area contributed by atoms with Crippen molar-refractivity contribution in [2.24, 2.45) is 0 Å². The van der Waals surface area contributed by atoms with Crippen molar-refractivity contribution in [2.45, 2.75) is 38.0 Å². The molecule has 1 saturated carbocycles. The lowest BCUT2D eigenvalue weighted by atomic mass is 9.89. The van der Waals surface area contributed by atoms with Crippen LogP contribution in [-0.4, -0.2) is 9.97 Å². The molecule has 0 unspecified atom stereocenters. The molecule has 0 atom stereocenters. The van der Waals surface area contributed by atoms with Crippen molar-refractivity contribution in [3.8, 4) is 0 Å². The fourth-order valence-electron chi connectivity index (χ4n) is 2.70. The first-order chi connectivity index (χ1) is 8.24. The van der Waals surface area contributed by atoms with Crippen LogP contribution >= 0.6 is 15.9 Å². The predicted octanol–water partition coefficient (Wildman–Crippen LogP) is 3.96. The zero-order valence-corrected chi connectivity index (χ0v) is 11.3. The summed E-state index contributed by atoms with van der Waals surface area (Å²) in [4.78, 5) is 8.10. The van der Waals surface area contributed by atoms with E-state index in [0.29, 0.717) is 5.92 Å². The van der Waals surface area contributed by atoms with Crippen LogP contribution in [0.2, 0.25) is 0 Å². The molecule has 0 radical (unpaired) electrons. The molecule has 1 aromatic carbocycles. The van der Waals surface area contributed by atoms with Gasteiger partial charge in [0.25, 0.3) is 0 Å². The Kier molecular flexibility index (Phi) is 2.82. The van der Waals surface area contributed by atoms with Gasteiger partial charge in [-0.3, -0.25) is 0 Å². The number of benzene rings is 1. The van der Waals surface area contributed by atoms with Gasteiger partial charge in [-0.1, -0.05) is 35.2 Å². The zero-order valence-electron chi connectivity index (χ0n) is 9.67. The minimum atomic E-state index is 0.592. The van der Waals surface area contributed by atoms with E-state index in [-0.39, 0.29) is 0 Å². The lowest BCUT2D eigenvalue weighted by Gasteiger charge is -2.18. The highest BCUT2D eigenvalue weighted by atomic mass is 79.9. The topological polar surface area (TPSA) is 54.7 Å². The Balaban J connectivity index is 2.03. The van der Waals surface area contributed by atoms with Crippen molar-refractivity contribution < 1.29 is 0 Å². The third-order valence-electron chi connectivity index (χ3n) is 3.59. The van der Waals surface area contributed by atoms with E-state index in [0.717, 1.165) is 27.0 Å². The SMILES string of the molecule is Nc1cc(Br)cc2[nH]c(C3CCCCC3)nc12. The van der Waals surface area contributed by atoms with E-state index in [9.17, 15) is 0 Å². The number of fused-ring (bicyclic) bond motifs is 1. The van der Waals surface area contributed by atoms with Gasteiger partial charge < -0.3 is 10.7 Å². The molecule has 3 rings (SSSR count). The summed E-state index contributed by atoms with van der Waals surface area (Å²) in [6.45, 7) is 0. The average Bonchev–Trinajstić information content (AvgIpc) is 2.74. The van der Waals surface area contributed by atoms with Crippen LogP contribution in [-0.2, 0) is 0 Å². The van der Waals surface area contributed by atoms with Crippen LogP contribution in [0.5, 0.6) is 0 Å². The van der Waals surface area contributed by atoms with Crippen molar-refractivity contribution in [2.75, 3.05) is 5.73 Å². The van der Waals surface area contributed by atoms with Crippen molar-refractivity contribution in [1.82, 2.24) is 9.97 Å². The van der Waals surface area contributed by atoms with Gasteiger partial charge in [-0.05, 0) is 25.0 Å². The van der Waals surface area contributed by atoms with E-state index in [1.165, 1.54) is 32.1 Å². The van der Waals surface area contributed by atoms with Gasteiger partial charge in [-0.2, -0.15) is 0 Å². The molecule has 1 aliphatic carbocycles. The highest BCUT2D eigenvalue weighted by Gasteiger charge is 2.19. The molecule has 0 amide bonds. The predicted molar refractivity (Wildman–Crippen MR) is 74.0 cm³/mol. The molecule has 1 aliphatic rings. The minimum Gasteiger partial charge on any atom is -0.397 e. The molecule has 90 valence electrons. The lowest BCUT2D eigenvalue weighted by Crippen LogP contribution is -2.05. The van der Waals surface area contributed by atoms with E-state index in [1.54, 1.807) is 0 Å². The number of nitrogens with two attached hydrogens (primary N) is 1. The summed E-state index contributed by atoms with van der Waals surface area (Å²) in [5, 5.41) is 0. The number of aromatic nitrogens is 2. The molecular formula is C13H16BrN3. The summed E-state index contributed by atoms with van der Waals surface area (Å²) in [5.41, 5.74) is 8.68. The second-order valence-electron chi connectivity index (χ2n) is 4.85.